The summed E-state index contributed by atoms with van der Waals surface area (Å²) in [6, 6.07) is 13.1. The third-order valence-corrected chi connectivity index (χ3v) is 4.00. The number of hydrogen-bond donors (Lipinski definition) is 1. The lowest BCUT2D eigenvalue weighted by molar-refractivity contribution is 0.242. The van der Waals surface area contributed by atoms with Crippen molar-refractivity contribution < 1.29 is 4.74 Å². The number of aromatic nitrogens is 2. The van der Waals surface area contributed by atoms with Crippen molar-refractivity contribution in [2.45, 2.75) is 26.9 Å². The Morgan fingerprint density at radius 1 is 1.20 bits per heavy atom. The Hall–Kier alpha value is -2.59. The SMILES string of the molecule is Cc1cccc2c(=O)[nH]c(C(Cl)=Cc3ccc(OC(C)C)cc3)nc12. The maximum absolute atomic E-state index is 12.3. The first kappa shape index (κ1) is 17.2. The monoisotopic (exact) mass is 354 g/mol. The minimum Gasteiger partial charge on any atom is -0.491 e. The summed E-state index contributed by atoms with van der Waals surface area (Å²) in [6.45, 7) is 5.88. The third kappa shape index (κ3) is 3.91. The van der Waals surface area contributed by atoms with Crippen LogP contribution in [0.5, 0.6) is 5.75 Å². The Kier molecular flexibility index (Phi) is 4.91. The summed E-state index contributed by atoms with van der Waals surface area (Å²) in [4.78, 5) is 19.5. The first-order valence-corrected chi connectivity index (χ1v) is 8.46. The lowest BCUT2D eigenvalue weighted by atomic mass is 10.1. The number of aromatic amines is 1. The Labute approximate surface area is 151 Å². The minimum atomic E-state index is -0.198. The van der Waals surface area contributed by atoms with Crippen LogP contribution in [-0.4, -0.2) is 16.1 Å². The van der Waals surface area contributed by atoms with Crippen molar-refractivity contribution in [2.75, 3.05) is 0 Å². The fourth-order valence-corrected chi connectivity index (χ4v) is 2.76. The quantitative estimate of drug-likeness (QED) is 0.735. The number of halogens is 1. The van der Waals surface area contributed by atoms with Crippen molar-refractivity contribution in [3.8, 4) is 5.75 Å². The molecule has 3 rings (SSSR count). The van der Waals surface area contributed by atoms with Gasteiger partial charge in [0.15, 0.2) is 5.82 Å². The van der Waals surface area contributed by atoms with Gasteiger partial charge >= 0.3 is 0 Å². The maximum Gasteiger partial charge on any atom is 0.259 e. The zero-order valence-corrected chi connectivity index (χ0v) is 15.1. The molecule has 1 N–H and O–H groups in total. The van der Waals surface area contributed by atoms with E-state index in [4.69, 9.17) is 16.3 Å². The highest BCUT2D eigenvalue weighted by Crippen LogP contribution is 2.22. The third-order valence-electron chi connectivity index (χ3n) is 3.71. The highest BCUT2D eigenvalue weighted by molar-refractivity contribution is 6.50. The van der Waals surface area contributed by atoms with E-state index in [1.54, 1.807) is 12.1 Å². The average molecular weight is 355 g/mol. The number of hydrogen-bond acceptors (Lipinski definition) is 3. The van der Waals surface area contributed by atoms with Crippen LogP contribution in [0.2, 0.25) is 0 Å². The van der Waals surface area contributed by atoms with Crippen LogP contribution in [0.4, 0.5) is 0 Å². The largest absolute Gasteiger partial charge is 0.491 e. The summed E-state index contributed by atoms with van der Waals surface area (Å²) in [5.41, 5.74) is 2.29. The molecule has 2 aromatic carbocycles. The molecular weight excluding hydrogens is 336 g/mol. The number of rotatable bonds is 4. The van der Waals surface area contributed by atoms with Crippen LogP contribution in [0.3, 0.4) is 0 Å². The summed E-state index contributed by atoms with van der Waals surface area (Å²) in [5.74, 6) is 1.16. The van der Waals surface area contributed by atoms with E-state index in [9.17, 15) is 4.79 Å². The van der Waals surface area contributed by atoms with E-state index in [-0.39, 0.29) is 11.7 Å². The normalized spacial score (nSPS) is 12.0. The molecule has 0 radical (unpaired) electrons. The van der Waals surface area contributed by atoms with Crippen molar-refractivity contribution in [1.82, 2.24) is 9.97 Å². The second-order valence-electron chi connectivity index (χ2n) is 6.11. The molecule has 0 bridgehead atoms. The summed E-state index contributed by atoms with van der Waals surface area (Å²) < 4.78 is 5.62. The van der Waals surface area contributed by atoms with Crippen molar-refractivity contribution >= 4 is 33.6 Å². The molecule has 0 amide bonds. The van der Waals surface area contributed by atoms with Gasteiger partial charge in [0.05, 0.1) is 22.0 Å². The number of ether oxygens (including phenoxy) is 1. The molecule has 0 aliphatic carbocycles. The van der Waals surface area contributed by atoms with Crippen LogP contribution >= 0.6 is 11.6 Å². The van der Waals surface area contributed by atoms with Gasteiger partial charge < -0.3 is 9.72 Å². The smallest absolute Gasteiger partial charge is 0.259 e. The van der Waals surface area contributed by atoms with Gasteiger partial charge in [0.2, 0.25) is 0 Å². The fourth-order valence-electron chi connectivity index (χ4n) is 2.55. The molecule has 0 aliphatic rings. The van der Waals surface area contributed by atoms with Gasteiger partial charge in [-0.15, -0.1) is 0 Å². The molecule has 25 heavy (non-hydrogen) atoms. The van der Waals surface area contributed by atoms with Crippen LogP contribution in [0.1, 0.15) is 30.8 Å². The van der Waals surface area contributed by atoms with Gasteiger partial charge in [0, 0.05) is 0 Å². The van der Waals surface area contributed by atoms with Gasteiger partial charge in [-0.3, -0.25) is 4.79 Å². The minimum absolute atomic E-state index is 0.125. The molecule has 3 aromatic rings. The molecule has 1 aromatic heterocycles. The van der Waals surface area contributed by atoms with Gasteiger partial charge in [-0.2, -0.15) is 0 Å². The zero-order chi connectivity index (χ0) is 18.0. The van der Waals surface area contributed by atoms with Crippen molar-refractivity contribution in [3.63, 3.8) is 0 Å². The molecular formula is C20H19ClN2O2. The molecule has 0 atom stereocenters. The number of benzene rings is 2. The van der Waals surface area contributed by atoms with E-state index in [1.807, 2.05) is 57.2 Å². The lowest BCUT2D eigenvalue weighted by Gasteiger charge is -2.09. The number of aryl methyl sites for hydroxylation is 1. The summed E-state index contributed by atoms with van der Waals surface area (Å²) in [7, 11) is 0. The first-order chi connectivity index (χ1) is 11.9. The molecule has 0 unspecified atom stereocenters. The number of nitrogens with zero attached hydrogens (tertiary/aromatic N) is 1. The first-order valence-electron chi connectivity index (χ1n) is 8.08. The van der Waals surface area contributed by atoms with Gasteiger partial charge in [0.25, 0.3) is 5.56 Å². The van der Waals surface area contributed by atoms with Crippen molar-refractivity contribution in [2.24, 2.45) is 0 Å². The van der Waals surface area contributed by atoms with E-state index in [0.717, 1.165) is 16.9 Å². The predicted octanol–water partition coefficient (Wildman–Crippen LogP) is 4.76. The number of nitrogens with one attached hydrogen (secondary N) is 1. The molecule has 0 spiro atoms. The fraction of sp³-hybridized carbons (Fsp3) is 0.200. The van der Waals surface area contributed by atoms with Gasteiger partial charge in [-0.05, 0) is 56.2 Å². The van der Waals surface area contributed by atoms with Crippen LogP contribution in [0.25, 0.3) is 22.0 Å². The summed E-state index contributed by atoms with van der Waals surface area (Å²) in [6.07, 6.45) is 1.89. The zero-order valence-electron chi connectivity index (χ0n) is 14.3. The lowest BCUT2D eigenvalue weighted by Crippen LogP contribution is -2.11. The Morgan fingerprint density at radius 2 is 1.92 bits per heavy atom. The van der Waals surface area contributed by atoms with E-state index in [1.165, 1.54) is 0 Å². The highest BCUT2D eigenvalue weighted by Gasteiger charge is 2.08. The molecule has 1 heterocycles. The Balaban J connectivity index is 1.96. The van der Waals surface area contributed by atoms with E-state index < -0.39 is 0 Å². The molecule has 0 saturated heterocycles. The van der Waals surface area contributed by atoms with Gasteiger partial charge in [-0.25, -0.2) is 4.98 Å². The van der Waals surface area contributed by atoms with Crippen LogP contribution < -0.4 is 10.3 Å². The van der Waals surface area contributed by atoms with E-state index >= 15 is 0 Å². The average Bonchev–Trinajstić information content (AvgIpc) is 2.57. The summed E-state index contributed by atoms with van der Waals surface area (Å²) >= 11 is 6.39. The molecule has 0 aliphatic heterocycles. The predicted molar refractivity (Wildman–Crippen MR) is 103 cm³/mol. The maximum atomic E-state index is 12.3. The van der Waals surface area contributed by atoms with Crippen LogP contribution in [0, 0.1) is 6.92 Å². The Bertz CT molecular complexity index is 989. The molecule has 0 fully saturated rings. The molecule has 4 nitrogen and oxygen atoms in total. The summed E-state index contributed by atoms with van der Waals surface area (Å²) in [5, 5.41) is 0.934. The second-order valence-corrected chi connectivity index (χ2v) is 6.52. The Morgan fingerprint density at radius 3 is 2.60 bits per heavy atom. The number of para-hydroxylation sites is 1. The van der Waals surface area contributed by atoms with E-state index in [2.05, 4.69) is 9.97 Å². The topological polar surface area (TPSA) is 55.0 Å². The molecule has 0 saturated carbocycles. The van der Waals surface area contributed by atoms with Crippen LogP contribution in [-0.2, 0) is 0 Å². The van der Waals surface area contributed by atoms with Gasteiger partial charge in [-0.1, -0.05) is 35.9 Å². The van der Waals surface area contributed by atoms with E-state index in [0.29, 0.717) is 21.8 Å². The highest BCUT2D eigenvalue weighted by atomic mass is 35.5. The standard InChI is InChI=1S/C20H19ClN2O2/c1-12(2)25-15-9-7-14(8-10-15)11-17(21)19-22-18-13(3)5-4-6-16(18)20(24)23-19/h4-12H,1-3H3,(H,22,23,24). The van der Waals surface area contributed by atoms with Crippen molar-refractivity contribution in [3.05, 3.63) is 69.8 Å². The van der Waals surface area contributed by atoms with Gasteiger partial charge in [0.1, 0.15) is 5.75 Å². The number of H-pyrrole nitrogens is 1. The number of fused-ring (bicyclic) bond motifs is 1. The molecule has 128 valence electrons. The van der Waals surface area contributed by atoms with Crippen molar-refractivity contribution in [1.29, 1.82) is 0 Å². The molecule has 5 heteroatoms. The second kappa shape index (κ2) is 7.11. The van der Waals surface area contributed by atoms with Crippen LogP contribution in [0.15, 0.2) is 47.3 Å².